The quantitative estimate of drug-likeness (QED) is 0.206. The van der Waals surface area contributed by atoms with Gasteiger partial charge in [0.15, 0.2) is 0 Å². The number of nitrogens with zero attached hydrogens (tertiary/aromatic N) is 6. The van der Waals surface area contributed by atoms with Gasteiger partial charge in [0.2, 0.25) is 17.8 Å². The van der Waals surface area contributed by atoms with Gasteiger partial charge in [-0.05, 0) is 0 Å². The third-order valence-corrected chi connectivity index (χ3v) is 4.45. The fraction of sp³-hybridized carbons (Fsp3) is 0.800. The molecule has 1 heterocycles. The summed E-state index contributed by atoms with van der Waals surface area (Å²) in [6, 6.07) is -1.95. The minimum atomic E-state index is -0.651. The zero-order chi connectivity index (χ0) is 20.6. The minimum Gasteiger partial charge on any atom is -0.394 e. The van der Waals surface area contributed by atoms with Crippen LogP contribution in [0.4, 0.5) is 17.8 Å². The van der Waals surface area contributed by atoms with Gasteiger partial charge in [-0.25, -0.2) is 0 Å². The fourth-order valence-electron chi connectivity index (χ4n) is 2.21. The van der Waals surface area contributed by atoms with Crippen molar-refractivity contribution in [2.75, 3.05) is 75.5 Å². The van der Waals surface area contributed by atoms with Gasteiger partial charge in [0, 0.05) is 21.1 Å². The Hall–Kier alpha value is -1.83. The number of likely N-dealkylation sites (N-methyl/N-ethyl adjacent to an activating group) is 3. The first-order valence-corrected chi connectivity index (χ1v) is 8.48. The second-order valence-electron chi connectivity index (χ2n) is 6.13. The largest absolute Gasteiger partial charge is 0.394 e. The van der Waals surface area contributed by atoms with Crippen molar-refractivity contribution >= 4 is 17.8 Å². The molecule has 0 spiro atoms. The molecule has 1 aromatic rings. The summed E-state index contributed by atoms with van der Waals surface area (Å²) in [5.41, 5.74) is 0. The van der Waals surface area contributed by atoms with Crippen LogP contribution in [0.2, 0.25) is 0 Å². The fourth-order valence-corrected chi connectivity index (χ4v) is 2.21. The zero-order valence-electron chi connectivity index (χ0n) is 15.8. The van der Waals surface area contributed by atoms with E-state index in [0.29, 0.717) is 0 Å². The molecule has 6 N–H and O–H groups in total. The van der Waals surface area contributed by atoms with E-state index in [-0.39, 0.29) is 57.5 Å². The summed E-state index contributed by atoms with van der Waals surface area (Å²) in [6.45, 7) is -2.00. The Morgan fingerprint density at radius 2 is 0.704 bits per heavy atom. The molecular weight excluding hydrogens is 360 g/mol. The van der Waals surface area contributed by atoms with Crippen LogP contribution in [-0.4, -0.2) is 125 Å². The van der Waals surface area contributed by atoms with Crippen LogP contribution in [0.15, 0.2) is 0 Å². The van der Waals surface area contributed by atoms with Crippen molar-refractivity contribution in [3.05, 3.63) is 0 Å². The van der Waals surface area contributed by atoms with Crippen molar-refractivity contribution in [3.63, 3.8) is 0 Å². The Morgan fingerprint density at radius 3 is 0.852 bits per heavy atom. The molecule has 0 atom stereocenters. The second kappa shape index (κ2) is 11.1. The third-order valence-electron chi connectivity index (χ3n) is 4.45. The molecule has 1 aromatic heterocycles. The van der Waals surface area contributed by atoms with E-state index in [2.05, 4.69) is 15.0 Å². The summed E-state index contributed by atoms with van der Waals surface area (Å²) in [5, 5.41) is 56.5. The number of aliphatic hydroxyl groups is 6. The molecule has 0 aliphatic heterocycles. The average molecular weight is 390 g/mol. The molecule has 156 valence electrons. The first-order chi connectivity index (χ1) is 12.9. The minimum absolute atomic E-state index is 0.131. The van der Waals surface area contributed by atoms with Crippen LogP contribution in [0.3, 0.4) is 0 Å². The molecule has 1 rings (SSSR count). The molecule has 12 nitrogen and oxygen atoms in total. The molecule has 0 fully saturated rings. The average Bonchev–Trinajstić information content (AvgIpc) is 2.70. The number of hydrogen-bond acceptors (Lipinski definition) is 12. The number of rotatable bonds is 12. The predicted molar refractivity (Wildman–Crippen MR) is 98.9 cm³/mol. The Balaban J connectivity index is 3.41. The SMILES string of the molecule is CN(c1nc(N(C)C(CO)CO)nc(N(C)C(CO)CO)n1)C(CO)CO. The van der Waals surface area contributed by atoms with E-state index in [1.807, 2.05) is 0 Å². The molecule has 0 amide bonds. The highest BCUT2D eigenvalue weighted by Crippen LogP contribution is 2.21. The monoisotopic (exact) mass is 390 g/mol. The van der Waals surface area contributed by atoms with Crippen LogP contribution < -0.4 is 14.7 Å². The molecule has 0 aliphatic rings. The van der Waals surface area contributed by atoms with Gasteiger partial charge in [0.05, 0.1) is 57.8 Å². The summed E-state index contributed by atoms with van der Waals surface area (Å²) >= 11 is 0. The lowest BCUT2D eigenvalue weighted by atomic mass is 10.3. The summed E-state index contributed by atoms with van der Waals surface area (Å²) in [4.78, 5) is 17.3. The summed E-state index contributed by atoms with van der Waals surface area (Å²) < 4.78 is 0. The smallest absolute Gasteiger partial charge is 0.232 e. The molecule has 0 radical (unpaired) electrons. The van der Waals surface area contributed by atoms with Crippen molar-refractivity contribution < 1.29 is 30.6 Å². The van der Waals surface area contributed by atoms with Crippen LogP contribution in [0.25, 0.3) is 0 Å². The number of aromatic nitrogens is 3. The van der Waals surface area contributed by atoms with E-state index < -0.39 is 18.1 Å². The zero-order valence-corrected chi connectivity index (χ0v) is 15.8. The molecule has 0 saturated heterocycles. The highest BCUT2D eigenvalue weighted by Gasteiger charge is 2.24. The molecule has 0 saturated carbocycles. The summed E-state index contributed by atoms with van der Waals surface area (Å²) in [6.07, 6.45) is 0. The molecule has 0 bridgehead atoms. The summed E-state index contributed by atoms with van der Waals surface area (Å²) in [7, 11) is 4.77. The van der Waals surface area contributed by atoms with Gasteiger partial charge in [-0.1, -0.05) is 0 Å². The van der Waals surface area contributed by atoms with E-state index in [9.17, 15) is 30.6 Å². The maximum absolute atomic E-state index is 9.42. The van der Waals surface area contributed by atoms with Crippen molar-refractivity contribution in [1.29, 1.82) is 0 Å². The van der Waals surface area contributed by atoms with Crippen molar-refractivity contribution in [1.82, 2.24) is 15.0 Å². The lowest BCUT2D eigenvalue weighted by Crippen LogP contribution is -2.43. The maximum Gasteiger partial charge on any atom is 0.232 e. The standard InChI is InChI=1S/C15H30N6O6/c1-19(10(4-22)5-23)13-16-14(20(2)11(6-24)7-25)18-15(17-13)21(3)12(8-26)9-27/h10-12,22-27H,4-9H2,1-3H3. The maximum atomic E-state index is 9.42. The molecular formula is C15H30N6O6. The molecule has 12 heteroatoms. The Labute approximate surface area is 158 Å². The van der Waals surface area contributed by atoms with Crippen molar-refractivity contribution in [2.24, 2.45) is 0 Å². The topological polar surface area (TPSA) is 170 Å². The van der Waals surface area contributed by atoms with Gasteiger partial charge in [-0.3, -0.25) is 0 Å². The normalized spacial score (nSPS) is 11.6. The molecule has 0 unspecified atom stereocenters. The van der Waals surface area contributed by atoms with Gasteiger partial charge < -0.3 is 45.3 Å². The van der Waals surface area contributed by atoms with Crippen LogP contribution in [0.1, 0.15) is 0 Å². The van der Waals surface area contributed by atoms with E-state index in [4.69, 9.17) is 0 Å². The van der Waals surface area contributed by atoms with Crippen molar-refractivity contribution in [3.8, 4) is 0 Å². The van der Waals surface area contributed by atoms with Gasteiger partial charge in [0.1, 0.15) is 0 Å². The first-order valence-electron chi connectivity index (χ1n) is 8.48. The summed E-state index contributed by atoms with van der Waals surface area (Å²) in [5.74, 6) is 0.392. The van der Waals surface area contributed by atoms with Gasteiger partial charge >= 0.3 is 0 Å². The second-order valence-corrected chi connectivity index (χ2v) is 6.13. The van der Waals surface area contributed by atoms with Gasteiger partial charge in [-0.15, -0.1) is 0 Å². The van der Waals surface area contributed by atoms with E-state index in [1.54, 1.807) is 21.1 Å². The van der Waals surface area contributed by atoms with Crippen LogP contribution in [0.5, 0.6) is 0 Å². The molecule has 0 aromatic carbocycles. The number of aliphatic hydroxyl groups excluding tert-OH is 6. The van der Waals surface area contributed by atoms with Crippen LogP contribution in [0, 0.1) is 0 Å². The highest BCUT2D eigenvalue weighted by molar-refractivity contribution is 5.47. The van der Waals surface area contributed by atoms with E-state index in [0.717, 1.165) is 0 Å². The lowest BCUT2D eigenvalue weighted by molar-refractivity contribution is 0.188. The van der Waals surface area contributed by atoms with Gasteiger partial charge in [-0.2, -0.15) is 15.0 Å². The van der Waals surface area contributed by atoms with E-state index >= 15 is 0 Å². The number of hydrogen-bond donors (Lipinski definition) is 6. The van der Waals surface area contributed by atoms with Crippen LogP contribution >= 0.6 is 0 Å². The van der Waals surface area contributed by atoms with Crippen molar-refractivity contribution in [2.45, 2.75) is 18.1 Å². The first kappa shape index (κ1) is 23.2. The Kier molecular flexibility index (Phi) is 9.55. The Bertz CT molecular complexity index is 467. The van der Waals surface area contributed by atoms with E-state index in [1.165, 1.54) is 14.7 Å². The third kappa shape index (κ3) is 5.57. The lowest BCUT2D eigenvalue weighted by Gasteiger charge is -2.31. The highest BCUT2D eigenvalue weighted by atomic mass is 16.3. The predicted octanol–water partition coefficient (Wildman–Crippen LogP) is -3.76. The Morgan fingerprint density at radius 1 is 0.519 bits per heavy atom. The van der Waals surface area contributed by atoms with Crippen LogP contribution in [-0.2, 0) is 0 Å². The molecule has 0 aliphatic carbocycles. The molecule has 27 heavy (non-hydrogen) atoms. The number of anilines is 3. The van der Waals surface area contributed by atoms with Gasteiger partial charge in [0.25, 0.3) is 0 Å².